The summed E-state index contributed by atoms with van der Waals surface area (Å²) < 4.78 is 0. The van der Waals surface area contributed by atoms with Gasteiger partial charge < -0.3 is 10.2 Å². The fraction of sp³-hybridized carbons (Fsp3) is 1.00. The molecule has 0 aromatic carbocycles. The van der Waals surface area contributed by atoms with Crippen molar-refractivity contribution in [2.24, 2.45) is 5.92 Å². The third-order valence-corrected chi connectivity index (χ3v) is 2.89. The van der Waals surface area contributed by atoms with E-state index in [9.17, 15) is 0 Å². The lowest BCUT2D eigenvalue weighted by Gasteiger charge is -2.23. The molecular formula is C13H30N2. The Hall–Kier alpha value is -0.0800. The van der Waals surface area contributed by atoms with Crippen LogP contribution < -0.4 is 5.32 Å². The molecule has 0 rings (SSSR count). The molecule has 2 nitrogen and oxygen atoms in total. The second kappa shape index (κ2) is 9.17. The monoisotopic (exact) mass is 214 g/mol. The van der Waals surface area contributed by atoms with Crippen molar-refractivity contribution in [1.29, 1.82) is 0 Å². The van der Waals surface area contributed by atoms with E-state index in [1.165, 1.54) is 32.2 Å². The van der Waals surface area contributed by atoms with Gasteiger partial charge in [-0.2, -0.15) is 0 Å². The lowest BCUT2D eigenvalue weighted by Crippen LogP contribution is -2.33. The molecule has 0 bridgehead atoms. The van der Waals surface area contributed by atoms with E-state index in [2.05, 4.69) is 45.1 Å². The summed E-state index contributed by atoms with van der Waals surface area (Å²) in [7, 11) is 4.30. The Balaban J connectivity index is 3.80. The van der Waals surface area contributed by atoms with Crippen molar-refractivity contribution in [3.8, 4) is 0 Å². The molecular weight excluding hydrogens is 184 g/mol. The van der Waals surface area contributed by atoms with Crippen molar-refractivity contribution >= 4 is 0 Å². The van der Waals surface area contributed by atoms with Crippen LogP contribution in [-0.2, 0) is 0 Å². The quantitative estimate of drug-likeness (QED) is 0.635. The zero-order valence-electron chi connectivity index (χ0n) is 11.3. The van der Waals surface area contributed by atoms with Crippen LogP contribution in [0.4, 0.5) is 0 Å². The maximum Gasteiger partial charge on any atom is 0.00816 e. The largest absolute Gasteiger partial charge is 0.314 e. The first-order chi connectivity index (χ1) is 7.10. The molecule has 0 spiro atoms. The van der Waals surface area contributed by atoms with Gasteiger partial charge in [0.15, 0.2) is 0 Å². The SMILES string of the molecule is CCCC(C)CC(CCN(C)C)NCC. The number of rotatable bonds is 9. The molecule has 0 aliphatic carbocycles. The lowest BCUT2D eigenvalue weighted by molar-refractivity contribution is 0.321. The van der Waals surface area contributed by atoms with Crippen LogP contribution in [0.25, 0.3) is 0 Å². The molecule has 0 aliphatic heterocycles. The van der Waals surface area contributed by atoms with Crippen LogP contribution in [0.15, 0.2) is 0 Å². The van der Waals surface area contributed by atoms with Gasteiger partial charge in [-0.1, -0.05) is 33.6 Å². The smallest absolute Gasteiger partial charge is 0.00816 e. The average Bonchev–Trinajstić information content (AvgIpc) is 2.15. The second-order valence-corrected chi connectivity index (χ2v) is 4.98. The third kappa shape index (κ3) is 8.88. The van der Waals surface area contributed by atoms with Crippen molar-refractivity contribution in [2.75, 3.05) is 27.2 Å². The highest BCUT2D eigenvalue weighted by molar-refractivity contribution is 4.70. The molecule has 15 heavy (non-hydrogen) atoms. The van der Waals surface area contributed by atoms with Gasteiger partial charge >= 0.3 is 0 Å². The van der Waals surface area contributed by atoms with E-state index in [0.717, 1.165) is 12.5 Å². The van der Waals surface area contributed by atoms with Crippen LogP contribution in [0.3, 0.4) is 0 Å². The summed E-state index contributed by atoms with van der Waals surface area (Å²) >= 11 is 0. The Bertz CT molecular complexity index is 134. The van der Waals surface area contributed by atoms with Gasteiger partial charge in [0.25, 0.3) is 0 Å². The molecule has 0 aliphatic rings. The summed E-state index contributed by atoms with van der Waals surface area (Å²) in [5.74, 6) is 0.862. The van der Waals surface area contributed by atoms with Crippen LogP contribution in [0.1, 0.15) is 46.5 Å². The van der Waals surface area contributed by atoms with Crippen LogP contribution in [0, 0.1) is 5.92 Å². The van der Waals surface area contributed by atoms with E-state index in [1.807, 2.05) is 0 Å². The molecule has 0 aromatic heterocycles. The van der Waals surface area contributed by atoms with Gasteiger partial charge in [0.1, 0.15) is 0 Å². The first-order valence-electron chi connectivity index (χ1n) is 6.48. The molecule has 0 aromatic rings. The van der Waals surface area contributed by atoms with Gasteiger partial charge in [-0.3, -0.25) is 0 Å². The summed E-state index contributed by atoms with van der Waals surface area (Å²) in [5.41, 5.74) is 0. The highest BCUT2D eigenvalue weighted by Crippen LogP contribution is 2.14. The Morgan fingerprint density at radius 3 is 2.27 bits per heavy atom. The second-order valence-electron chi connectivity index (χ2n) is 4.98. The Morgan fingerprint density at radius 2 is 1.80 bits per heavy atom. The number of nitrogens with one attached hydrogen (secondary N) is 1. The molecule has 0 fully saturated rings. The summed E-state index contributed by atoms with van der Waals surface area (Å²) in [6, 6.07) is 0.707. The predicted molar refractivity (Wildman–Crippen MR) is 69.3 cm³/mol. The van der Waals surface area contributed by atoms with Gasteiger partial charge in [-0.25, -0.2) is 0 Å². The molecule has 92 valence electrons. The summed E-state index contributed by atoms with van der Waals surface area (Å²) in [6.07, 6.45) is 5.28. The first kappa shape index (κ1) is 14.9. The van der Waals surface area contributed by atoms with E-state index in [-0.39, 0.29) is 0 Å². The highest BCUT2D eigenvalue weighted by Gasteiger charge is 2.11. The number of hydrogen-bond donors (Lipinski definition) is 1. The maximum absolute atomic E-state index is 3.60. The van der Waals surface area contributed by atoms with E-state index < -0.39 is 0 Å². The molecule has 1 N–H and O–H groups in total. The Morgan fingerprint density at radius 1 is 1.13 bits per heavy atom. The maximum atomic E-state index is 3.60. The van der Waals surface area contributed by atoms with Crippen LogP contribution in [0.5, 0.6) is 0 Å². The standard InChI is InChI=1S/C13H30N2/c1-6-8-12(3)11-13(14-7-2)9-10-15(4)5/h12-14H,6-11H2,1-5H3. The fourth-order valence-corrected chi connectivity index (χ4v) is 2.10. The molecule has 0 heterocycles. The molecule has 0 amide bonds. The normalized spacial score (nSPS) is 15.6. The summed E-state index contributed by atoms with van der Waals surface area (Å²) in [4.78, 5) is 2.27. The van der Waals surface area contributed by atoms with E-state index in [4.69, 9.17) is 0 Å². The zero-order chi connectivity index (χ0) is 11.7. The molecule has 0 saturated carbocycles. The van der Waals surface area contributed by atoms with Crippen molar-refractivity contribution in [2.45, 2.75) is 52.5 Å². The summed E-state index contributed by atoms with van der Waals surface area (Å²) in [5, 5.41) is 3.60. The van der Waals surface area contributed by atoms with Crippen molar-refractivity contribution in [3.63, 3.8) is 0 Å². The van der Waals surface area contributed by atoms with Gasteiger partial charge in [-0.05, 0) is 45.9 Å². The number of hydrogen-bond acceptors (Lipinski definition) is 2. The van der Waals surface area contributed by atoms with Crippen molar-refractivity contribution in [1.82, 2.24) is 10.2 Å². The highest BCUT2D eigenvalue weighted by atomic mass is 15.1. The summed E-state index contributed by atoms with van der Waals surface area (Å²) in [6.45, 7) is 9.14. The number of nitrogens with zero attached hydrogens (tertiary/aromatic N) is 1. The van der Waals surface area contributed by atoms with Crippen molar-refractivity contribution < 1.29 is 0 Å². The first-order valence-corrected chi connectivity index (χ1v) is 6.48. The van der Waals surface area contributed by atoms with E-state index in [0.29, 0.717) is 6.04 Å². The van der Waals surface area contributed by atoms with Gasteiger partial charge in [0.05, 0.1) is 0 Å². The van der Waals surface area contributed by atoms with E-state index >= 15 is 0 Å². The Labute approximate surface area is 96.4 Å². The Kier molecular flexibility index (Phi) is 9.12. The van der Waals surface area contributed by atoms with Gasteiger partial charge in [0.2, 0.25) is 0 Å². The minimum Gasteiger partial charge on any atom is -0.314 e. The van der Waals surface area contributed by atoms with Crippen LogP contribution >= 0.6 is 0 Å². The zero-order valence-corrected chi connectivity index (χ0v) is 11.3. The predicted octanol–water partition coefficient (Wildman–Crippen LogP) is 2.74. The molecule has 2 heteroatoms. The molecule has 2 unspecified atom stereocenters. The molecule has 2 atom stereocenters. The van der Waals surface area contributed by atoms with Crippen molar-refractivity contribution in [3.05, 3.63) is 0 Å². The molecule has 0 saturated heterocycles. The fourth-order valence-electron chi connectivity index (χ4n) is 2.10. The van der Waals surface area contributed by atoms with E-state index in [1.54, 1.807) is 0 Å². The van der Waals surface area contributed by atoms with Crippen LogP contribution in [0.2, 0.25) is 0 Å². The minimum atomic E-state index is 0.707. The van der Waals surface area contributed by atoms with Gasteiger partial charge in [0, 0.05) is 6.04 Å². The topological polar surface area (TPSA) is 15.3 Å². The average molecular weight is 214 g/mol. The van der Waals surface area contributed by atoms with Gasteiger partial charge in [-0.15, -0.1) is 0 Å². The minimum absolute atomic E-state index is 0.707. The third-order valence-electron chi connectivity index (χ3n) is 2.89. The molecule has 0 radical (unpaired) electrons. The lowest BCUT2D eigenvalue weighted by atomic mass is 9.95. The van der Waals surface area contributed by atoms with Crippen LogP contribution in [-0.4, -0.2) is 38.1 Å².